The maximum atomic E-state index is 12.3. The van der Waals surface area contributed by atoms with Gasteiger partial charge in [-0.1, -0.05) is 43.7 Å². The Labute approximate surface area is 164 Å². The van der Waals surface area contributed by atoms with Gasteiger partial charge < -0.3 is 10.2 Å². The van der Waals surface area contributed by atoms with E-state index in [2.05, 4.69) is 37.4 Å². The van der Waals surface area contributed by atoms with Gasteiger partial charge in [0.2, 0.25) is 11.8 Å². The smallest absolute Gasteiger partial charge is 0.223 e. The number of rotatable bonds is 9. The molecule has 2 rings (SSSR count). The lowest BCUT2D eigenvalue weighted by molar-refractivity contribution is -0.121. The largest absolute Gasteiger partial charge is 0.356 e. The van der Waals surface area contributed by atoms with Crippen LogP contribution < -0.4 is 10.2 Å². The number of carbonyl (C=O) groups excluding carboxylic acids is 2. The fourth-order valence-electron chi connectivity index (χ4n) is 3.78. The van der Waals surface area contributed by atoms with Crippen LogP contribution in [0.15, 0.2) is 29.8 Å². The summed E-state index contributed by atoms with van der Waals surface area (Å²) in [6, 6.07) is 6.19. The maximum Gasteiger partial charge on any atom is 0.223 e. The summed E-state index contributed by atoms with van der Waals surface area (Å²) in [5.41, 5.74) is 4.79. The van der Waals surface area contributed by atoms with E-state index in [0.717, 1.165) is 36.1 Å². The molecule has 4 nitrogen and oxygen atoms in total. The minimum absolute atomic E-state index is 0.00855. The van der Waals surface area contributed by atoms with Crippen LogP contribution in [-0.2, 0) is 22.4 Å². The lowest BCUT2D eigenvalue weighted by atomic mass is 9.97. The van der Waals surface area contributed by atoms with Crippen molar-refractivity contribution in [2.45, 2.75) is 72.1 Å². The van der Waals surface area contributed by atoms with E-state index in [1.165, 1.54) is 31.3 Å². The first-order chi connectivity index (χ1) is 13.1. The van der Waals surface area contributed by atoms with E-state index >= 15 is 0 Å². The molecule has 27 heavy (non-hydrogen) atoms. The second kappa shape index (κ2) is 10.9. The van der Waals surface area contributed by atoms with Gasteiger partial charge in [-0.15, -0.1) is 0 Å². The van der Waals surface area contributed by atoms with Crippen LogP contribution in [0.25, 0.3) is 0 Å². The Balaban J connectivity index is 1.94. The van der Waals surface area contributed by atoms with Crippen LogP contribution >= 0.6 is 0 Å². The third-order valence-electron chi connectivity index (χ3n) is 5.33. The molecule has 0 aliphatic heterocycles. The first-order valence-electron chi connectivity index (χ1n) is 10.4. The summed E-state index contributed by atoms with van der Waals surface area (Å²) in [7, 11) is 0. The van der Waals surface area contributed by atoms with Crippen molar-refractivity contribution in [3.63, 3.8) is 0 Å². The van der Waals surface area contributed by atoms with Gasteiger partial charge in [0.25, 0.3) is 0 Å². The minimum Gasteiger partial charge on any atom is -0.356 e. The molecule has 0 fully saturated rings. The van der Waals surface area contributed by atoms with E-state index in [0.29, 0.717) is 19.5 Å². The highest BCUT2D eigenvalue weighted by Crippen LogP contribution is 2.27. The van der Waals surface area contributed by atoms with Gasteiger partial charge in [0, 0.05) is 32.1 Å². The Morgan fingerprint density at radius 3 is 2.37 bits per heavy atom. The summed E-state index contributed by atoms with van der Waals surface area (Å²) in [6.45, 7) is 6.90. The van der Waals surface area contributed by atoms with Crippen molar-refractivity contribution in [2.24, 2.45) is 0 Å². The second-order valence-electron chi connectivity index (χ2n) is 7.26. The highest BCUT2D eigenvalue weighted by Gasteiger charge is 2.19. The van der Waals surface area contributed by atoms with Gasteiger partial charge in [-0.05, 0) is 56.1 Å². The second-order valence-corrected chi connectivity index (χ2v) is 7.26. The van der Waals surface area contributed by atoms with Crippen LogP contribution in [0, 0.1) is 0 Å². The molecular weight excluding hydrogens is 336 g/mol. The highest BCUT2D eigenvalue weighted by molar-refractivity contribution is 5.94. The minimum atomic E-state index is -0.00855. The number of para-hydroxylation sites is 1. The number of anilines is 1. The predicted octanol–water partition coefficient (Wildman–Crippen LogP) is 4.56. The van der Waals surface area contributed by atoms with Crippen LogP contribution in [0.3, 0.4) is 0 Å². The summed E-state index contributed by atoms with van der Waals surface area (Å²) in [4.78, 5) is 26.4. The zero-order valence-corrected chi connectivity index (χ0v) is 17.1. The molecule has 1 aromatic rings. The zero-order chi connectivity index (χ0) is 19.6. The van der Waals surface area contributed by atoms with E-state index in [4.69, 9.17) is 0 Å². The summed E-state index contributed by atoms with van der Waals surface area (Å²) in [5.74, 6) is 0.00967. The van der Waals surface area contributed by atoms with Gasteiger partial charge in [-0.25, -0.2) is 0 Å². The van der Waals surface area contributed by atoms with Crippen molar-refractivity contribution in [1.29, 1.82) is 0 Å². The molecule has 2 amide bonds. The molecule has 0 saturated heterocycles. The Hall–Kier alpha value is -2.10. The van der Waals surface area contributed by atoms with Crippen LogP contribution in [0.4, 0.5) is 5.69 Å². The number of aryl methyl sites for hydroxylation is 2. The Bertz CT molecular complexity index is 657. The van der Waals surface area contributed by atoms with Crippen LogP contribution in [0.5, 0.6) is 0 Å². The van der Waals surface area contributed by atoms with Gasteiger partial charge >= 0.3 is 0 Å². The van der Waals surface area contributed by atoms with E-state index in [9.17, 15) is 9.59 Å². The molecule has 0 spiro atoms. The van der Waals surface area contributed by atoms with Crippen LogP contribution in [0.1, 0.15) is 70.4 Å². The van der Waals surface area contributed by atoms with Crippen molar-refractivity contribution in [3.8, 4) is 0 Å². The van der Waals surface area contributed by atoms with E-state index in [1.54, 1.807) is 11.8 Å². The van der Waals surface area contributed by atoms with Crippen LogP contribution in [0.2, 0.25) is 0 Å². The van der Waals surface area contributed by atoms with Gasteiger partial charge in [0.05, 0.1) is 0 Å². The molecule has 0 aromatic heterocycles. The van der Waals surface area contributed by atoms with Crippen molar-refractivity contribution in [2.75, 3.05) is 18.0 Å². The molecule has 0 radical (unpaired) electrons. The van der Waals surface area contributed by atoms with Crippen molar-refractivity contribution in [1.82, 2.24) is 5.32 Å². The molecule has 148 valence electrons. The fourth-order valence-corrected chi connectivity index (χ4v) is 3.78. The average molecular weight is 371 g/mol. The number of carbonyl (C=O) groups is 2. The number of nitrogens with zero attached hydrogens (tertiary/aromatic N) is 1. The third-order valence-corrected chi connectivity index (χ3v) is 5.33. The predicted molar refractivity (Wildman–Crippen MR) is 112 cm³/mol. The zero-order valence-electron chi connectivity index (χ0n) is 17.1. The summed E-state index contributed by atoms with van der Waals surface area (Å²) >= 11 is 0. The number of allylic oxidation sites excluding steroid dienone is 1. The maximum absolute atomic E-state index is 12.3. The molecule has 1 aliphatic carbocycles. The van der Waals surface area contributed by atoms with Crippen molar-refractivity contribution >= 4 is 17.5 Å². The van der Waals surface area contributed by atoms with E-state index in [1.807, 2.05) is 6.07 Å². The topological polar surface area (TPSA) is 49.4 Å². The Kier molecular flexibility index (Phi) is 8.56. The molecule has 0 atom stereocenters. The quantitative estimate of drug-likeness (QED) is 0.648. The fraction of sp³-hybridized carbons (Fsp3) is 0.565. The summed E-state index contributed by atoms with van der Waals surface area (Å²) < 4.78 is 0. The van der Waals surface area contributed by atoms with Gasteiger partial charge in [-0.2, -0.15) is 0 Å². The summed E-state index contributed by atoms with van der Waals surface area (Å²) in [6.07, 6.45) is 10.2. The summed E-state index contributed by atoms with van der Waals surface area (Å²) in [5, 5.41) is 3.02. The van der Waals surface area contributed by atoms with E-state index in [-0.39, 0.29) is 11.8 Å². The SMILES string of the molecule is CCc1cccc(CC)c1N(CCC(=O)NCCC1=CCCCC1)C(C)=O. The number of hydrogen-bond donors (Lipinski definition) is 1. The highest BCUT2D eigenvalue weighted by atomic mass is 16.2. The molecule has 0 unspecified atom stereocenters. The first kappa shape index (κ1) is 21.2. The molecule has 0 bridgehead atoms. The average Bonchev–Trinajstić information content (AvgIpc) is 2.68. The normalized spacial score (nSPS) is 13.8. The molecule has 4 heteroatoms. The molecule has 1 aromatic carbocycles. The molecule has 1 aliphatic rings. The van der Waals surface area contributed by atoms with Crippen molar-refractivity contribution < 1.29 is 9.59 Å². The number of nitrogens with one attached hydrogen (secondary N) is 1. The molecule has 0 saturated carbocycles. The number of hydrogen-bond acceptors (Lipinski definition) is 2. The monoisotopic (exact) mass is 370 g/mol. The Morgan fingerprint density at radius 2 is 1.81 bits per heavy atom. The van der Waals surface area contributed by atoms with Gasteiger partial charge in [-0.3, -0.25) is 9.59 Å². The standard InChI is InChI=1S/C23H34N2O2/c1-4-20-12-9-13-21(5-2)23(20)25(18(3)26)17-15-22(27)24-16-14-19-10-7-6-8-11-19/h9-10,12-13H,4-8,11,14-17H2,1-3H3,(H,24,27). The number of amides is 2. The lowest BCUT2D eigenvalue weighted by Gasteiger charge is -2.26. The third kappa shape index (κ3) is 6.23. The first-order valence-corrected chi connectivity index (χ1v) is 10.4. The Morgan fingerprint density at radius 1 is 1.11 bits per heavy atom. The van der Waals surface area contributed by atoms with Gasteiger partial charge in [0.1, 0.15) is 0 Å². The van der Waals surface area contributed by atoms with Crippen LogP contribution in [-0.4, -0.2) is 24.9 Å². The number of benzene rings is 1. The van der Waals surface area contributed by atoms with E-state index < -0.39 is 0 Å². The molecule has 1 N–H and O–H groups in total. The molecule has 0 heterocycles. The lowest BCUT2D eigenvalue weighted by Crippen LogP contribution is -2.35. The van der Waals surface area contributed by atoms with Crippen molar-refractivity contribution in [3.05, 3.63) is 41.0 Å². The van der Waals surface area contributed by atoms with Gasteiger partial charge in [0.15, 0.2) is 0 Å². The molecular formula is C23H34N2O2.